The van der Waals surface area contributed by atoms with E-state index >= 15 is 0 Å². The average Bonchev–Trinajstić information content (AvgIpc) is 2.05. The fraction of sp³-hybridized carbons (Fsp3) is 0.444. The minimum atomic E-state index is 0.704. The molecule has 0 spiro atoms. The summed E-state index contributed by atoms with van der Waals surface area (Å²) in [5.41, 5.74) is 1.21. The highest BCUT2D eigenvalue weighted by molar-refractivity contribution is 5.36. The summed E-state index contributed by atoms with van der Waals surface area (Å²) in [5.74, 6) is 0.909. The van der Waals surface area contributed by atoms with Crippen LogP contribution < -0.4 is 5.32 Å². The quantitative estimate of drug-likeness (QED) is 0.687. The Morgan fingerprint density at radius 3 is 3.08 bits per heavy atom. The van der Waals surface area contributed by atoms with Gasteiger partial charge in [-0.2, -0.15) is 0 Å². The molecule has 0 aromatic carbocycles. The lowest BCUT2D eigenvalue weighted by Gasteiger charge is -2.04. The van der Waals surface area contributed by atoms with Gasteiger partial charge in [0.25, 0.3) is 0 Å². The molecule has 1 heterocycles. The Labute approximate surface area is 72.8 Å². The molecule has 0 saturated carbocycles. The predicted molar refractivity (Wildman–Crippen MR) is 49.3 cm³/mol. The summed E-state index contributed by atoms with van der Waals surface area (Å²) in [6.45, 7) is 3.55. The Morgan fingerprint density at radius 1 is 1.58 bits per heavy atom. The van der Waals surface area contributed by atoms with Gasteiger partial charge in [0.05, 0.1) is 6.61 Å². The molecule has 3 heteroatoms. The molecule has 1 N–H and O–H groups in total. The molecule has 0 unspecified atom stereocenters. The van der Waals surface area contributed by atoms with E-state index in [1.54, 1.807) is 13.3 Å². The van der Waals surface area contributed by atoms with Crippen molar-refractivity contribution in [3.63, 3.8) is 0 Å². The molecule has 0 aliphatic carbocycles. The van der Waals surface area contributed by atoms with Crippen LogP contribution in [-0.4, -0.2) is 25.2 Å². The van der Waals surface area contributed by atoms with Gasteiger partial charge >= 0.3 is 0 Å². The number of pyridine rings is 1. The van der Waals surface area contributed by atoms with Crippen molar-refractivity contribution in [1.82, 2.24) is 4.98 Å². The van der Waals surface area contributed by atoms with Crippen molar-refractivity contribution in [2.24, 2.45) is 0 Å². The molecule has 0 aliphatic rings. The first-order chi connectivity index (χ1) is 5.83. The SMILES string of the molecule is COCCNc1cc(C)ccn1. The van der Waals surface area contributed by atoms with Crippen molar-refractivity contribution < 1.29 is 4.74 Å². The molecule has 0 amide bonds. The Hall–Kier alpha value is -1.09. The monoisotopic (exact) mass is 166 g/mol. The number of hydrogen-bond donors (Lipinski definition) is 1. The third kappa shape index (κ3) is 2.88. The fourth-order valence-corrected chi connectivity index (χ4v) is 0.914. The maximum absolute atomic E-state index is 4.90. The largest absolute Gasteiger partial charge is 0.383 e. The van der Waals surface area contributed by atoms with Crippen LogP contribution in [0, 0.1) is 6.92 Å². The molecule has 0 radical (unpaired) electrons. The second kappa shape index (κ2) is 4.72. The molecular formula is C9H14N2O. The lowest BCUT2D eigenvalue weighted by atomic mass is 10.3. The van der Waals surface area contributed by atoms with Crippen LogP contribution in [0.5, 0.6) is 0 Å². The Kier molecular flexibility index (Phi) is 3.54. The summed E-state index contributed by atoms with van der Waals surface area (Å²) < 4.78 is 4.90. The number of methoxy groups -OCH3 is 1. The van der Waals surface area contributed by atoms with Gasteiger partial charge in [-0.25, -0.2) is 4.98 Å². The topological polar surface area (TPSA) is 34.1 Å². The first-order valence-electron chi connectivity index (χ1n) is 3.98. The van der Waals surface area contributed by atoms with E-state index < -0.39 is 0 Å². The molecule has 0 bridgehead atoms. The van der Waals surface area contributed by atoms with Gasteiger partial charge in [0, 0.05) is 19.9 Å². The van der Waals surface area contributed by atoms with Crippen LogP contribution in [0.2, 0.25) is 0 Å². The van der Waals surface area contributed by atoms with E-state index in [9.17, 15) is 0 Å². The third-order valence-corrected chi connectivity index (χ3v) is 1.53. The second-order valence-electron chi connectivity index (χ2n) is 2.64. The number of nitrogens with zero attached hydrogens (tertiary/aromatic N) is 1. The summed E-state index contributed by atoms with van der Waals surface area (Å²) in [7, 11) is 1.69. The summed E-state index contributed by atoms with van der Waals surface area (Å²) in [6.07, 6.45) is 1.80. The number of aromatic nitrogens is 1. The zero-order valence-corrected chi connectivity index (χ0v) is 7.50. The number of rotatable bonds is 4. The lowest BCUT2D eigenvalue weighted by Crippen LogP contribution is -2.08. The molecule has 3 nitrogen and oxygen atoms in total. The number of anilines is 1. The van der Waals surface area contributed by atoms with Crippen molar-refractivity contribution in [3.8, 4) is 0 Å². The molecule has 0 aliphatic heterocycles. The van der Waals surface area contributed by atoms with Crippen LogP contribution in [0.4, 0.5) is 5.82 Å². The standard InChI is InChI=1S/C9H14N2O/c1-8-3-4-10-9(7-8)11-5-6-12-2/h3-4,7H,5-6H2,1-2H3,(H,10,11). The van der Waals surface area contributed by atoms with Gasteiger partial charge in [-0.1, -0.05) is 0 Å². The maximum atomic E-state index is 4.90. The van der Waals surface area contributed by atoms with E-state index in [0.29, 0.717) is 6.61 Å². The van der Waals surface area contributed by atoms with Gasteiger partial charge in [-0.3, -0.25) is 0 Å². The molecular weight excluding hydrogens is 152 g/mol. The first kappa shape index (κ1) is 9.00. The van der Waals surface area contributed by atoms with E-state index in [-0.39, 0.29) is 0 Å². The smallest absolute Gasteiger partial charge is 0.126 e. The van der Waals surface area contributed by atoms with Gasteiger partial charge in [0.1, 0.15) is 5.82 Å². The fourth-order valence-electron chi connectivity index (χ4n) is 0.914. The van der Waals surface area contributed by atoms with Crippen LogP contribution in [0.25, 0.3) is 0 Å². The van der Waals surface area contributed by atoms with Crippen molar-refractivity contribution in [2.45, 2.75) is 6.92 Å². The van der Waals surface area contributed by atoms with Gasteiger partial charge in [0.2, 0.25) is 0 Å². The van der Waals surface area contributed by atoms with E-state index in [2.05, 4.69) is 10.3 Å². The Bertz CT molecular complexity index is 238. The number of nitrogens with one attached hydrogen (secondary N) is 1. The summed E-state index contributed by atoms with van der Waals surface area (Å²) in [6, 6.07) is 3.98. The average molecular weight is 166 g/mol. The highest BCUT2D eigenvalue weighted by atomic mass is 16.5. The Morgan fingerprint density at radius 2 is 2.42 bits per heavy atom. The Balaban J connectivity index is 2.41. The van der Waals surface area contributed by atoms with Crippen LogP contribution in [0.3, 0.4) is 0 Å². The number of aryl methyl sites for hydroxylation is 1. The van der Waals surface area contributed by atoms with Gasteiger partial charge in [0.15, 0.2) is 0 Å². The normalized spacial score (nSPS) is 9.83. The van der Waals surface area contributed by atoms with Crippen LogP contribution >= 0.6 is 0 Å². The lowest BCUT2D eigenvalue weighted by molar-refractivity contribution is 0.210. The highest BCUT2D eigenvalue weighted by Gasteiger charge is 1.91. The van der Waals surface area contributed by atoms with Crippen LogP contribution in [-0.2, 0) is 4.74 Å². The molecule has 0 atom stereocenters. The molecule has 0 fully saturated rings. The molecule has 66 valence electrons. The van der Waals surface area contributed by atoms with Crippen LogP contribution in [0.15, 0.2) is 18.3 Å². The predicted octanol–water partition coefficient (Wildman–Crippen LogP) is 1.45. The maximum Gasteiger partial charge on any atom is 0.126 e. The third-order valence-electron chi connectivity index (χ3n) is 1.53. The minimum absolute atomic E-state index is 0.704. The second-order valence-corrected chi connectivity index (χ2v) is 2.64. The zero-order chi connectivity index (χ0) is 8.81. The van der Waals surface area contributed by atoms with Crippen LogP contribution in [0.1, 0.15) is 5.56 Å². The van der Waals surface area contributed by atoms with E-state index in [1.165, 1.54) is 5.56 Å². The minimum Gasteiger partial charge on any atom is -0.383 e. The van der Waals surface area contributed by atoms with Crippen molar-refractivity contribution in [1.29, 1.82) is 0 Å². The number of hydrogen-bond acceptors (Lipinski definition) is 3. The first-order valence-corrected chi connectivity index (χ1v) is 3.98. The summed E-state index contributed by atoms with van der Waals surface area (Å²) in [5, 5.41) is 3.15. The van der Waals surface area contributed by atoms with Crippen molar-refractivity contribution in [2.75, 3.05) is 25.6 Å². The highest BCUT2D eigenvalue weighted by Crippen LogP contribution is 2.03. The molecule has 0 saturated heterocycles. The van der Waals surface area contributed by atoms with Crippen molar-refractivity contribution >= 4 is 5.82 Å². The molecule has 1 aromatic heterocycles. The van der Waals surface area contributed by atoms with E-state index in [4.69, 9.17) is 4.74 Å². The molecule has 1 rings (SSSR count). The zero-order valence-electron chi connectivity index (χ0n) is 7.50. The van der Waals surface area contributed by atoms with Gasteiger partial charge in [-0.05, 0) is 24.6 Å². The van der Waals surface area contributed by atoms with E-state index in [1.807, 2.05) is 19.1 Å². The number of ether oxygens (including phenoxy) is 1. The van der Waals surface area contributed by atoms with Crippen molar-refractivity contribution in [3.05, 3.63) is 23.9 Å². The summed E-state index contributed by atoms with van der Waals surface area (Å²) in [4.78, 5) is 4.14. The molecule has 1 aromatic rings. The molecule has 12 heavy (non-hydrogen) atoms. The van der Waals surface area contributed by atoms with E-state index in [0.717, 1.165) is 12.4 Å². The van der Waals surface area contributed by atoms with Gasteiger partial charge < -0.3 is 10.1 Å². The van der Waals surface area contributed by atoms with Gasteiger partial charge in [-0.15, -0.1) is 0 Å². The summed E-state index contributed by atoms with van der Waals surface area (Å²) >= 11 is 0.